The Hall–Kier alpha value is -1.93. The lowest BCUT2D eigenvalue weighted by Crippen LogP contribution is -2.52. The van der Waals surface area contributed by atoms with Crippen molar-refractivity contribution in [2.45, 2.75) is 45.7 Å². The van der Waals surface area contributed by atoms with Gasteiger partial charge < -0.3 is 21.7 Å². The van der Waals surface area contributed by atoms with Gasteiger partial charge in [-0.2, -0.15) is 0 Å². The average Bonchev–Trinajstić information content (AvgIpc) is 2.58. The van der Waals surface area contributed by atoms with E-state index in [0.29, 0.717) is 13.0 Å². The number of hydrogen-bond acceptors (Lipinski definition) is 3. The molecule has 0 spiro atoms. The number of aryl methyl sites for hydroxylation is 1. The van der Waals surface area contributed by atoms with E-state index in [2.05, 4.69) is 16.0 Å². The van der Waals surface area contributed by atoms with Crippen LogP contribution < -0.4 is 21.7 Å². The second-order valence-corrected chi connectivity index (χ2v) is 6.77. The number of nitrogens with one attached hydrogen (secondary N) is 3. The van der Waals surface area contributed by atoms with Gasteiger partial charge in [-0.25, -0.2) is 13.6 Å². The van der Waals surface area contributed by atoms with Crippen LogP contribution in [0.25, 0.3) is 0 Å². The van der Waals surface area contributed by atoms with E-state index in [1.54, 1.807) is 0 Å². The molecule has 0 fully saturated rings. The van der Waals surface area contributed by atoms with Crippen LogP contribution >= 0.6 is 12.4 Å². The molecule has 3 amide bonds. The number of carbonyl (C=O) groups excluding carboxylic acids is 2. The molecular formula is C18H29ClF2N4O2. The molecule has 6 nitrogen and oxygen atoms in total. The molecule has 5 N–H and O–H groups in total. The van der Waals surface area contributed by atoms with Crippen molar-refractivity contribution in [3.63, 3.8) is 0 Å². The molecule has 0 aromatic heterocycles. The standard InChI is InChI=1S/C18H28F2N4O2.ClH/c1-12(2)8-15(16(25)23-11-18(19,20)10-21)24-17(26)22-9-14-6-4-13(3)5-7-14;/h4-7,12,15H,8-11,21H2,1-3H3,(H,23,25)(H2,22,24,26);1H. The molecule has 0 aliphatic heterocycles. The smallest absolute Gasteiger partial charge is 0.315 e. The monoisotopic (exact) mass is 406 g/mol. The van der Waals surface area contributed by atoms with Gasteiger partial charge in [-0.15, -0.1) is 12.4 Å². The van der Waals surface area contributed by atoms with Gasteiger partial charge in [0.15, 0.2) is 0 Å². The Morgan fingerprint density at radius 1 is 1.15 bits per heavy atom. The molecule has 1 rings (SSSR count). The van der Waals surface area contributed by atoms with E-state index in [9.17, 15) is 18.4 Å². The third kappa shape index (κ3) is 10.1. The zero-order valence-electron chi connectivity index (χ0n) is 15.9. The lowest BCUT2D eigenvalue weighted by Gasteiger charge is -2.22. The van der Waals surface area contributed by atoms with Crippen molar-refractivity contribution in [1.82, 2.24) is 16.0 Å². The summed E-state index contributed by atoms with van der Waals surface area (Å²) >= 11 is 0. The Morgan fingerprint density at radius 2 is 1.74 bits per heavy atom. The van der Waals surface area contributed by atoms with Crippen LogP contribution in [-0.2, 0) is 11.3 Å². The van der Waals surface area contributed by atoms with Gasteiger partial charge in [-0.1, -0.05) is 43.7 Å². The zero-order valence-corrected chi connectivity index (χ0v) is 16.7. The van der Waals surface area contributed by atoms with Crippen molar-refractivity contribution >= 4 is 24.3 Å². The van der Waals surface area contributed by atoms with Crippen molar-refractivity contribution in [1.29, 1.82) is 0 Å². The van der Waals surface area contributed by atoms with E-state index in [0.717, 1.165) is 11.1 Å². The molecule has 0 saturated heterocycles. The Morgan fingerprint density at radius 3 is 2.26 bits per heavy atom. The van der Waals surface area contributed by atoms with E-state index in [1.807, 2.05) is 45.0 Å². The van der Waals surface area contributed by atoms with Crippen molar-refractivity contribution in [3.8, 4) is 0 Å². The largest absolute Gasteiger partial charge is 0.348 e. The first-order valence-corrected chi connectivity index (χ1v) is 8.58. The SMILES string of the molecule is Cc1ccc(CNC(=O)NC(CC(C)C)C(=O)NCC(F)(F)CN)cc1.Cl. The minimum atomic E-state index is -3.17. The molecule has 154 valence electrons. The summed E-state index contributed by atoms with van der Waals surface area (Å²) in [5.74, 6) is -3.73. The summed E-state index contributed by atoms with van der Waals surface area (Å²) in [7, 11) is 0. The maximum absolute atomic E-state index is 13.2. The average molecular weight is 407 g/mol. The number of carbonyl (C=O) groups is 2. The zero-order chi connectivity index (χ0) is 19.7. The molecule has 0 radical (unpaired) electrons. The Labute approximate surface area is 165 Å². The Kier molecular flexibility index (Phi) is 10.9. The molecule has 1 aromatic carbocycles. The molecule has 1 aromatic rings. The molecule has 0 aliphatic rings. The third-order valence-corrected chi connectivity index (χ3v) is 3.72. The van der Waals surface area contributed by atoms with E-state index in [1.165, 1.54) is 0 Å². The maximum atomic E-state index is 13.2. The highest BCUT2D eigenvalue weighted by Crippen LogP contribution is 2.10. The highest BCUT2D eigenvalue weighted by molar-refractivity contribution is 5.87. The van der Waals surface area contributed by atoms with Gasteiger partial charge in [0.25, 0.3) is 5.92 Å². The van der Waals surface area contributed by atoms with Gasteiger partial charge in [-0.3, -0.25) is 4.79 Å². The van der Waals surface area contributed by atoms with E-state index in [-0.39, 0.29) is 18.3 Å². The fourth-order valence-corrected chi connectivity index (χ4v) is 2.21. The number of rotatable bonds is 9. The summed E-state index contributed by atoms with van der Waals surface area (Å²) in [4.78, 5) is 24.2. The maximum Gasteiger partial charge on any atom is 0.315 e. The predicted molar refractivity (Wildman–Crippen MR) is 104 cm³/mol. The van der Waals surface area contributed by atoms with Crippen molar-refractivity contribution in [2.24, 2.45) is 11.7 Å². The van der Waals surface area contributed by atoms with Crippen LogP contribution in [0, 0.1) is 12.8 Å². The van der Waals surface area contributed by atoms with Gasteiger partial charge in [0.05, 0.1) is 13.1 Å². The second-order valence-electron chi connectivity index (χ2n) is 6.77. The molecule has 0 bridgehead atoms. The summed E-state index contributed by atoms with van der Waals surface area (Å²) in [6.07, 6.45) is 0.331. The molecule has 0 saturated carbocycles. The quantitative estimate of drug-likeness (QED) is 0.506. The first-order valence-electron chi connectivity index (χ1n) is 8.58. The van der Waals surface area contributed by atoms with Gasteiger partial charge in [0.2, 0.25) is 5.91 Å². The number of benzene rings is 1. The van der Waals surface area contributed by atoms with Crippen LogP contribution in [0.15, 0.2) is 24.3 Å². The van der Waals surface area contributed by atoms with E-state index in [4.69, 9.17) is 5.73 Å². The molecular weight excluding hydrogens is 378 g/mol. The lowest BCUT2D eigenvalue weighted by molar-refractivity contribution is -0.125. The summed E-state index contributed by atoms with van der Waals surface area (Å²) in [6, 6.07) is 6.22. The van der Waals surface area contributed by atoms with Crippen LogP contribution in [0.5, 0.6) is 0 Å². The molecule has 27 heavy (non-hydrogen) atoms. The Balaban J connectivity index is 0.00000676. The lowest BCUT2D eigenvalue weighted by atomic mass is 10.0. The minimum absolute atomic E-state index is 0. The Bertz CT molecular complexity index is 598. The van der Waals surface area contributed by atoms with E-state index >= 15 is 0 Å². The molecule has 0 heterocycles. The summed E-state index contributed by atoms with van der Waals surface area (Å²) in [5, 5.41) is 7.36. The molecule has 1 unspecified atom stereocenters. The predicted octanol–water partition coefficient (Wildman–Crippen LogP) is 2.34. The number of urea groups is 1. The highest BCUT2D eigenvalue weighted by Gasteiger charge is 2.29. The second kappa shape index (κ2) is 11.7. The summed E-state index contributed by atoms with van der Waals surface area (Å²) < 4.78 is 26.4. The molecule has 1 atom stereocenters. The van der Waals surface area contributed by atoms with Gasteiger partial charge in [0.1, 0.15) is 6.04 Å². The fourth-order valence-electron chi connectivity index (χ4n) is 2.21. The molecule has 9 heteroatoms. The van der Waals surface area contributed by atoms with Crippen LogP contribution in [-0.4, -0.2) is 37.0 Å². The van der Waals surface area contributed by atoms with E-state index < -0.39 is 37.0 Å². The number of amides is 3. The van der Waals surface area contributed by atoms with Crippen LogP contribution in [0.4, 0.5) is 13.6 Å². The third-order valence-electron chi connectivity index (χ3n) is 3.72. The first kappa shape index (κ1) is 25.1. The van der Waals surface area contributed by atoms with Gasteiger partial charge in [0, 0.05) is 6.54 Å². The number of nitrogens with two attached hydrogens (primary N) is 1. The summed E-state index contributed by atoms with van der Waals surface area (Å²) in [5.41, 5.74) is 6.98. The number of hydrogen-bond donors (Lipinski definition) is 4. The van der Waals surface area contributed by atoms with Crippen LogP contribution in [0.1, 0.15) is 31.4 Å². The van der Waals surface area contributed by atoms with Crippen LogP contribution in [0.3, 0.4) is 0 Å². The first-order chi connectivity index (χ1) is 12.1. The molecule has 0 aliphatic carbocycles. The topological polar surface area (TPSA) is 96.2 Å². The summed E-state index contributed by atoms with van der Waals surface area (Å²) in [6.45, 7) is 4.30. The highest BCUT2D eigenvalue weighted by atomic mass is 35.5. The van der Waals surface area contributed by atoms with Gasteiger partial charge in [-0.05, 0) is 24.8 Å². The normalized spacial score (nSPS) is 12.1. The van der Waals surface area contributed by atoms with Crippen molar-refractivity contribution in [2.75, 3.05) is 13.1 Å². The number of alkyl halides is 2. The minimum Gasteiger partial charge on any atom is -0.348 e. The number of halogens is 3. The van der Waals surface area contributed by atoms with Crippen molar-refractivity contribution < 1.29 is 18.4 Å². The van der Waals surface area contributed by atoms with Crippen molar-refractivity contribution in [3.05, 3.63) is 35.4 Å². The van der Waals surface area contributed by atoms with Gasteiger partial charge >= 0.3 is 6.03 Å². The fraction of sp³-hybridized carbons (Fsp3) is 0.556. The van der Waals surface area contributed by atoms with Crippen LogP contribution in [0.2, 0.25) is 0 Å².